The molecule has 98 valence electrons. The molecule has 0 unspecified atom stereocenters. The summed E-state index contributed by atoms with van der Waals surface area (Å²) in [7, 11) is 0. The van der Waals surface area contributed by atoms with Crippen LogP contribution in [0.25, 0.3) is 0 Å². The van der Waals surface area contributed by atoms with Gasteiger partial charge in [-0.05, 0) is 38.5 Å². The Labute approximate surface area is 116 Å². The van der Waals surface area contributed by atoms with Crippen molar-refractivity contribution in [1.29, 1.82) is 0 Å². The van der Waals surface area contributed by atoms with Gasteiger partial charge in [-0.2, -0.15) is 0 Å². The van der Waals surface area contributed by atoms with E-state index in [0.717, 1.165) is 16.8 Å². The Kier molecular flexibility index (Phi) is 3.81. The fourth-order valence-corrected chi connectivity index (χ4v) is 1.81. The van der Waals surface area contributed by atoms with E-state index in [1.54, 1.807) is 6.07 Å². The molecule has 1 amide bonds. The number of nitrogens with one attached hydrogen (secondary N) is 1. The summed E-state index contributed by atoms with van der Waals surface area (Å²) in [5.74, 6) is -0.261. The molecule has 2 rings (SSSR count). The number of rotatable bonds is 2. The van der Waals surface area contributed by atoms with E-state index in [1.165, 1.54) is 6.33 Å². The van der Waals surface area contributed by atoms with E-state index in [4.69, 9.17) is 11.6 Å². The van der Waals surface area contributed by atoms with Gasteiger partial charge in [0, 0.05) is 22.0 Å². The van der Waals surface area contributed by atoms with E-state index >= 15 is 0 Å². The Morgan fingerprint density at radius 2 is 1.95 bits per heavy atom. The maximum Gasteiger partial charge on any atom is 0.274 e. The van der Waals surface area contributed by atoms with Gasteiger partial charge in [0.25, 0.3) is 5.91 Å². The smallest absolute Gasteiger partial charge is 0.274 e. The largest absolute Gasteiger partial charge is 0.321 e. The maximum atomic E-state index is 12.1. The first-order valence-corrected chi connectivity index (χ1v) is 6.22. The van der Waals surface area contributed by atoms with Crippen molar-refractivity contribution in [2.75, 3.05) is 5.32 Å². The molecule has 0 saturated heterocycles. The monoisotopic (exact) mass is 275 g/mol. The van der Waals surface area contributed by atoms with Gasteiger partial charge in [0.1, 0.15) is 12.0 Å². The second-order valence-electron chi connectivity index (χ2n) is 4.35. The van der Waals surface area contributed by atoms with Crippen LogP contribution in [0.3, 0.4) is 0 Å². The van der Waals surface area contributed by atoms with Crippen molar-refractivity contribution in [3.05, 3.63) is 52.1 Å². The lowest BCUT2D eigenvalue weighted by molar-refractivity contribution is 0.102. The van der Waals surface area contributed by atoms with Gasteiger partial charge in [-0.25, -0.2) is 9.97 Å². The molecule has 0 fully saturated rings. The second-order valence-corrected chi connectivity index (χ2v) is 4.76. The molecule has 0 bridgehead atoms. The Morgan fingerprint density at radius 3 is 2.63 bits per heavy atom. The first-order chi connectivity index (χ1) is 8.99. The minimum absolute atomic E-state index is 0.261. The van der Waals surface area contributed by atoms with Crippen LogP contribution in [0.4, 0.5) is 5.69 Å². The molecule has 1 N–H and O–H groups in total. The number of carbonyl (C=O) groups excluding carboxylic acids is 1. The SMILES string of the molecule is Cc1ccc(NC(=O)c2ncnc(C)c2C)cc1Cl. The number of anilines is 1. The minimum Gasteiger partial charge on any atom is -0.321 e. The Balaban J connectivity index is 2.26. The standard InChI is InChI=1S/C14H14ClN3O/c1-8-4-5-11(6-12(8)15)18-14(19)13-9(2)10(3)16-7-17-13/h4-7H,1-3H3,(H,18,19). The first-order valence-electron chi connectivity index (χ1n) is 5.84. The zero-order valence-electron chi connectivity index (χ0n) is 11.0. The molecular weight excluding hydrogens is 262 g/mol. The number of aryl methyl sites for hydroxylation is 2. The summed E-state index contributed by atoms with van der Waals surface area (Å²) in [6.45, 7) is 5.58. The molecule has 0 radical (unpaired) electrons. The molecule has 19 heavy (non-hydrogen) atoms. The van der Waals surface area contributed by atoms with E-state index < -0.39 is 0 Å². The summed E-state index contributed by atoms with van der Waals surface area (Å²) in [6, 6.07) is 5.39. The van der Waals surface area contributed by atoms with Crippen molar-refractivity contribution in [1.82, 2.24) is 9.97 Å². The lowest BCUT2D eigenvalue weighted by atomic mass is 10.1. The fourth-order valence-electron chi connectivity index (χ4n) is 1.63. The normalized spacial score (nSPS) is 10.3. The van der Waals surface area contributed by atoms with E-state index in [2.05, 4.69) is 15.3 Å². The van der Waals surface area contributed by atoms with Gasteiger partial charge in [-0.1, -0.05) is 17.7 Å². The number of halogens is 1. The van der Waals surface area contributed by atoms with Crippen LogP contribution in [0.15, 0.2) is 24.5 Å². The molecule has 1 aromatic heterocycles. The molecule has 4 nitrogen and oxygen atoms in total. The van der Waals surface area contributed by atoms with Crippen LogP contribution < -0.4 is 5.32 Å². The predicted octanol–water partition coefficient (Wildman–Crippen LogP) is 3.31. The number of benzene rings is 1. The number of nitrogens with zero attached hydrogens (tertiary/aromatic N) is 2. The van der Waals surface area contributed by atoms with Gasteiger partial charge < -0.3 is 5.32 Å². The average molecular weight is 276 g/mol. The van der Waals surface area contributed by atoms with Crippen molar-refractivity contribution < 1.29 is 4.79 Å². The lowest BCUT2D eigenvalue weighted by Crippen LogP contribution is -2.16. The average Bonchev–Trinajstić information content (AvgIpc) is 2.37. The maximum absolute atomic E-state index is 12.1. The Bertz CT molecular complexity index is 641. The number of hydrogen-bond acceptors (Lipinski definition) is 3. The van der Waals surface area contributed by atoms with Crippen molar-refractivity contribution in [2.45, 2.75) is 20.8 Å². The van der Waals surface area contributed by atoms with Crippen LogP contribution in [0.5, 0.6) is 0 Å². The van der Waals surface area contributed by atoms with Gasteiger partial charge in [0.15, 0.2) is 0 Å². The van der Waals surface area contributed by atoms with Crippen LogP contribution in [0.2, 0.25) is 5.02 Å². The summed E-state index contributed by atoms with van der Waals surface area (Å²) in [6.07, 6.45) is 1.39. The van der Waals surface area contributed by atoms with Gasteiger partial charge in [-0.15, -0.1) is 0 Å². The van der Waals surface area contributed by atoms with E-state index in [1.807, 2.05) is 32.9 Å². The van der Waals surface area contributed by atoms with Crippen molar-refractivity contribution >= 4 is 23.2 Å². The topological polar surface area (TPSA) is 54.9 Å². The van der Waals surface area contributed by atoms with Crippen molar-refractivity contribution in [3.8, 4) is 0 Å². The van der Waals surface area contributed by atoms with Crippen LogP contribution in [-0.2, 0) is 0 Å². The minimum atomic E-state index is -0.261. The van der Waals surface area contributed by atoms with Gasteiger partial charge in [0.05, 0.1) is 0 Å². The van der Waals surface area contributed by atoms with Gasteiger partial charge in [0.2, 0.25) is 0 Å². The van der Waals surface area contributed by atoms with Crippen LogP contribution in [-0.4, -0.2) is 15.9 Å². The van der Waals surface area contributed by atoms with Crippen molar-refractivity contribution in [3.63, 3.8) is 0 Å². The number of hydrogen-bond donors (Lipinski definition) is 1. The molecule has 2 aromatic rings. The molecule has 0 atom stereocenters. The lowest BCUT2D eigenvalue weighted by Gasteiger charge is -2.09. The molecule has 0 saturated carbocycles. The third-order valence-corrected chi connectivity index (χ3v) is 3.39. The molecular formula is C14H14ClN3O. The predicted molar refractivity (Wildman–Crippen MR) is 75.6 cm³/mol. The summed E-state index contributed by atoms with van der Waals surface area (Å²) in [5.41, 5.74) is 3.56. The van der Waals surface area contributed by atoms with E-state index in [-0.39, 0.29) is 5.91 Å². The molecule has 1 aromatic carbocycles. The summed E-state index contributed by atoms with van der Waals surface area (Å²) < 4.78 is 0. The molecule has 0 aliphatic rings. The molecule has 5 heteroatoms. The number of amides is 1. The highest BCUT2D eigenvalue weighted by molar-refractivity contribution is 6.31. The fraction of sp³-hybridized carbons (Fsp3) is 0.214. The zero-order chi connectivity index (χ0) is 14.0. The highest BCUT2D eigenvalue weighted by Gasteiger charge is 2.13. The zero-order valence-corrected chi connectivity index (χ0v) is 11.7. The third kappa shape index (κ3) is 2.90. The number of aromatic nitrogens is 2. The molecule has 1 heterocycles. The van der Waals surface area contributed by atoms with Crippen LogP contribution >= 0.6 is 11.6 Å². The molecule has 0 aliphatic heterocycles. The van der Waals surface area contributed by atoms with E-state index in [9.17, 15) is 4.79 Å². The number of carbonyl (C=O) groups is 1. The molecule has 0 spiro atoms. The van der Waals surface area contributed by atoms with Crippen LogP contribution in [0.1, 0.15) is 27.3 Å². The van der Waals surface area contributed by atoms with Crippen molar-refractivity contribution in [2.24, 2.45) is 0 Å². The Hall–Kier alpha value is -1.94. The Morgan fingerprint density at radius 1 is 1.21 bits per heavy atom. The second kappa shape index (κ2) is 5.36. The van der Waals surface area contributed by atoms with Crippen LogP contribution in [0, 0.1) is 20.8 Å². The highest BCUT2D eigenvalue weighted by atomic mass is 35.5. The van der Waals surface area contributed by atoms with E-state index in [0.29, 0.717) is 16.4 Å². The van der Waals surface area contributed by atoms with Gasteiger partial charge >= 0.3 is 0 Å². The summed E-state index contributed by atoms with van der Waals surface area (Å²) >= 11 is 6.02. The first kappa shape index (κ1) is 13.5. The quantitative estimate of drug-likeness (QED) is 0.915. The van der Waals surface area contributed by atoms with Gasteiger partial charge in [-0.3, -0.25) is 4.79 Å². The third-order valence-electron chi connectivity index (χ3n) is 2.98. The molecule has 0 aliphatic carbocycles. The summed E-state index contributed by atoms with van der Waals surface area (Å²) in [4.78, 5) is 20.2. The highest BCUT2D eigenvalue weighted by Crippen LogP contribution is 2.20. The summed E-state index contributed by atoms with van der Waals surface area (Å²) in [5, 5.41) is 3.40.